The van der Waals surface area contributed by atoms with Crippen LogP contribution in [0.3, 0.4) is 0 Å². The second-order valence-electron chi connectivity index (χ2n) is 7.19. The first-order valence-corrected chi connectivity index (χ1v) is 7.74. The van der Waals surface area contributed by atoms with Crippen LogP contribution in [0.2, 0.25) is 0 Å². The molecular weight excluding hydrogens is 236 g/mol. The Morgan fingerprint density at radius 3 is 2.11 bits per heavy atom. The normalized spacial score (nSPS) is 39.9. The standard InChI is InChI=1S/C15H24N4/c1-2-12-13(16)19(17)14(18-12)15-6-9-3-10(7-15)5-11(4-9)8-15/h9-11H,2-8,16-17H2,1H3. The first-order valence-electron chi connectivity index (χ1n) is 7.74. The number of aromatic nitrogens is 2. The van der Waals surface area contributed by atoms with Crippen molar-refractivity contribution in [2.24, 2.45) is 17.8 Å². The van der Waals surface area contributed by atoms with Gasteiger partial charge in [0.15, 0.2) is 0 Å². The summed E-state index contributed by atoms with van der Waals surface area (Å²) < 4.78 is 1.70. The number of nitrogens with two attached hydrogens (primary N) is 2. The SMILES string of the molecule is CCc1nc(C23CC4CC(CC(C4)C2)C3)n(N)c1N. The van der Waals surface area contributed by atoms with Crippen molar-refractivity contribution in [3.63, 3.8) is 0 Å². The highest BCUT2D eigenvalue weighted by atomic mass is 15.4. The molecule has 0 amide bonds. The van der Waals surface area contributed by atoms with E-state index in [0.29, 0.717) is 5.82 Å². The molecule has 0 saturated heterocycles. The van der Waals surface area contributed by atoms with Crippen LogP contribution < -0.4 is 11.6 Å². The minimum Gasteiger partial charge on any atom is -0.382 e. The summed E-state index contributed by atoms with van der Waals surface area (Å²) in [6.07, 6.45) is 9.07. The van der Waals surface area contributed by atoms with Gasteiger partial charge in [-0.3, -0.25) is 0 Å². The van der Waals surface area contributed by atoms with Crippen LogP contribution in [0.25, 0.3) is 0 Å². The Bertz CT molecular complexity index is 481. The summed E-state index contributed by atoms with van der Waals surface area (Å²) in [5.41, 5.74) is 7.33. The summed E-state index contributed by atoms with van der Waals surface area (Å²) in [5, 5.41) is 0. The third kappa shape index (κ3) is 1.49. The van der Waals surface area contributed by atoms with Crippen molar-refractivity contribution in [3.05, 3.63) is 11.5 Å². The molecule has 4 aliphatic rings. The first kappa shape index (κ1) is 11.6. The van der Waals surface area contributed by atoms with Crippen LogP contribution in [-0.4, -0.2) is 9.66 Å². The molecule has 19 heavy (non-hydrogen) atoms. The molecule has 4 heteroatoms. The van der Waals surface area contributed by atoms with Crippen LogP contribution in [0.15, 0.2) is 0 Å². The molecule has 104 valence electrons. The number of aryl methyl sites for hydroxylation is 1. The summed E-state index contributed by atoms with van der Waals surface area (Å²) in [4.78, 5) is 4.83. The molecule has 4 aliphatic carbocycles. The topological polar surface area (TPSA) is 69.9 Å². The molecular formula is C15H24N4. The zero-order chi connectivity index (χ0) is 13.2. The number of imidazole rings is 1. The van der Waals surface area contributed by atoms with Crippen molar-refractivity contribution in [2.75, 3.05) is 11.6 Å². The smallest absolute Gasteiger partial charge is 0.145 e. The lowest BCUT2D eigenvalue weighted by molar-refractivity contribution is -0.0103. The predicted octanol–water partition coefficient (Wildman–Crippen LogP) is 2.21. The zero-order valence-corrected chi connectivity index (χ0v) is 11.7. The Kier molecular flexibility index (Phi) is 2.25. The second-order valence-corrected chi connectivity index (χ2v) is 7.19. The number of nitrogens with zero attached hydrogens (tertiary/aromatic N) is 2. The van der Waals surface area contributed by atoms with Gasteiger partial charge in [0.05, 0.1) is 5.69 Å². The average Bonchev–Trinajstić information content (AvgIpc) is 2.65. The fraction of sp³-hybridized carbons (Fsp3) is 0.800. The second kappa shape index (κ2) is 3.68. The van der Waals surface area contributed by atoms with E-state index in [2.05, 4.69) is 6.92 Å². The van der Waals surface area contributed by atoms with Gasteiger partial charge in [0.25, 0.3) is 0 Å². The van der Waals surface area contributed by atoms with E-state index in [9.17, 15) is 0 Å². The van der Waals surface area contributed by atoms with Crippen LogP contribution in [0.4, 0.5) is 5.82 Å². The van der Waals surface area contributed by atoms with E-state index >= 15 is 0 Å². The van der Waals surface area contributed by atoms with Gasteiger partial charge >= 0.3 is 0 Å². The van der Waals surface area contributed by atoms with Crippen LogP contribution >= 0.6 is 0 Å². The maximum Gasteiger partial charge on any atom is 0.145 e. The fourth-order valence-electron chi connectivity index (χ4n) is 5.51. The maximum atomic E-state index is 6.23. The van der Waals surface area contributed by atoms with E-state index in [-0.39, 0.29) is 5.41 Å². The van der Waals surface area contributed by atoms with Gasteiger partial charge in [0, 0.05) is 5.41 Å². The zero-order valence-electron chi connectivity index (χ0n) is 11.7. The van der Waals surface area contributed by atoms with Gasteiger partial charge in [-0.25, -0.2) is 9.66 Å². The predicted molar refractivity (Wildman–Crippen MR) is 76.0 cm³/mol. The molecule has 1 heterocycles. The number of anilines is 1. The third-order valence-corrected chi connectivity index (χ3v) is 5.87. The minimum atomic E-state index is 0.241. The van der Waals surface area contributed by atoms with Crippen molar-refractivity contribution >= 4 is 5.82 Å². The van der Waals surface area contributed by atoms with E-state index in [1.165, 1.54) is 38.5 Å². The molecule has 4 bridgehead atoms. The molecule has 0 spiro atoms. The van der Waals surface area contributed by atoms with E-state index in [0.717, 1.165) is 35.7 Å². The van der Waals surface area contributed by atoms with Gasteiger partial charge in [-0.15, -0.1) is 0 Å². The Morgan fingerprint density at radius 1 is 1.16 bits per heavy atom. The lowest BCUT2D eigenvalue weighted by Crippen LogP contribution is -2.50. The highest BCUT2D eigenvalue weighted by Gasteiger charge is 2.53. The minimum absolute atomic E-state index is 0.241. The fourth-order valence-corrected chi connectivity index (χ4v) is 5.51. The number of rotatable bonds is 2. The van der Waals surface area contributed by atoms with Gasteiger partial charge in [-0.05, 0) is 62.7 Å². The quantitative estimate of drug-likeness (QED) is 0.801. The van der Waals surface area contributed by atoms with Crippen molar-refractivity contribution in [1.29, 1.82) is 0 Å². The lowest BCUT2D eigenvalue weighted by atomic mass is 9.49. The van der Waals surface area contributed by atoms with Gasteiger partial charge in [-0.2, -0.15) is 0 Å². The number of hydrogen-bond donors (Lipinski definition) is 2. The molecule has 4 nitrogen and oxygen atoms in total. The molecule has 4 N–H and O–H groups in total. The van der Waals surface area contributed by atoms with Crippen LogP contribution in [0.5, 0.6) is 0 Å². The summed E-state index contributed by atoms with van der Waals surface area (Å²) in [6.45, 7) is 2.10. The Labute approximate surface area is 114 Å². The van der Waals surface area contributed by atoms with E-state index in [1.807, 2.05) is 0 Å². The van der Waals surface area contributed by atoms with Crippen molar-refractivity contribution in [1.82, 2.24) is 9.66 Å². The number of hydrogen-bond acceptors (Lipinski definition) is 3. The van der Waals surface area contributed by atoms with Crippen LogP contribution in [0.1, 0.15) is 57.0 Å². The molecule has 0 unspecified atom stereocenters. The molecule has 0 aromatic carbocycles. The third-order valence-electron chi connectivity index (χ3n) is 5.87. The van der Waals surface area contributed by atoms with Crippen molar-refractivity contribution in [3.8, 4) is 0 Å². The average molecular weight is 260 g/mol. The highest BCUT2D eigenvalue weighted by Crippen LogP contribution is 2.60. The Hall–Kier alpha value is -1.19. The maximum absolute atomic E-state index is 6.23. The van der Waals surface area contributed by atoms with Crippen LogP contribution in [0, 0.1) is 17.8 Å². The van der Waals surface area contributed by atoms with Gasteiger partial charge in [0.2, 0.25) is 0 Å². The Balaban J connectivity index is 1.79. The van der Waals surface area contributed by atoms with Gasteiger partial charge in [0.1, 0.15) is 11.6 Å². The Morgan fingerprint density at radius 2 is 1.68 bits per heavy atom. The molecule has 0 aliphatic heterocycles. The van der Waals surface area contributed by atoms with E-state index in [1.54, 1.807) is 4.68 Å². The van der Waals surface area contributed by atoms with E-state index in [4.69, 9.17) is 16.6 Å². The molecule has 0 radical (unpaired) electrons. The largest absolute Gasteiger partial charge is 0.382 e. The summed E-state index contributed by atoms with van der Waals surface area (Å²) >= 11 is 0. The van der Waals surface area contributed by atoms with Gasteiger partial charge in [-0.1, -0.05) is 6.92 Å². The lowest BCUT2D eigenvalue weighted by Gasteiger charge is -2.56. The summed E-state index contributed by atoms with van der Waals surface area (Å²) in [7, 11) is 0. The van der Waals surface area contributed by atoms with Crippen LogP contribution in [-0.2, 0) is 11.8 Å². The highest BCUT2D eigenvalue weighted by molar-refractivity contribution is 5.40. The molecule has 4 saturated carbocycles. The van der Waals surface area contributed by atoms with Gasteiger partial charge < -0.3 is 11.6 Å². The summed E-state index contributed by atoms with van der Waals surface area (Å²) in [6, 6.07) is 0. The van der Waals surface area contributed by atoms with Crippen molar-refractivity contribution in [2.45, 2.75) is 57.3 Å². The number of nitrogen functional groups attached to an aromatic ring is 2. The molecule has 1 aromatic rings. The van der Waals surface area contributed by atoms with Crippen molar-refractivity contribution < 1.29 is 0 Å². The monoisotopic (exact) mass is 260 g/mol. The molecule has 5 rings (SSSR count). The molecule has 0 atom stereocenters. The first-order chi connectivity index (χ1) is 9.11. The molecule has 4 fully saturated rings. The van der Waals surface area contributed by atoms with E-state index < -0.39 is 0 Å². The molecule has 1 aromatic heterocycles. The summed E-state index contributed by atoms with van der Waals surface area (Å²) in [5.74, 6) is 10.7.